The van der Waals surface area contributed by atoms with Crippen LogP contribution in [0.5, 0.6) is 5.75 Å². The van der Waals surface area contributed by atoms with Crippen molar-refractivity contribution < 1.29 is 13.9 Å². The van der Waals surface area contributed by atoms with Crippen LogP contribution in [0.25, 0.3) is 0 Å². The van der Waals surface area contributed by atoms with Gasteiger partial charge in [-0.25, -0.2) is 4.39 Å². The van der Waals surface area contributed by atoms with Gasteiger partial charge in [-0.1, -0.05) is 49.1 Å². The van der Waals surface area contributed by atoms with Crippen molar-refractivity contribution in [2.24, 2.45) is 5.92 Å². The number of anilines is 1. The SMILES string of the molecule is Cc1nnc(NC(=O)C(C)Sc2nnc(C(C)Oc3ccccc3F)n2CC(C)C)s1. The third-order valence-electron chi connectivity index (χ3n) is 4.20. The minimum Gasteiger partial charge on any atom is -0.480 e. The molecule has 11 heteroatoms. The lowest BCUT2D eigenvalue weighted by atomic mass is 10.2. The summed E-state index contributed by atoms with van der Waals surface area (Å²) in [4.78, 5) is 12.6. The molecule has 0 aliphatic carbocycles. The summed E-state index contributed by atoms with van der Waals surface area (Å²) in [6.07, 6.45) is -0.522. The van der Waals surface area contributed by atoms with E-state index >= 15 is 0 Å². The molecule has 0 aliphatic rings. The number of nitrogens with one attached hydrogen (secondary N) is 1. The number of halogens is 1. The predicted molar refractivity (Wildman–Crippen MR) is 119 cm³/mol. The van der Waals surface area contributed by atoms with Crippen molar-refractivity contribution in [1.82, 2.24) is 25.0 Å². The fourth-order valence-electron chi connectivity index (χ4n) is 2.77. The van der Waals surface area contributed by atoms with Crippen LogP contribution in [-0.4, -0.2) is 36.1 Å². The number of amides is 1. The van der Waals surface area contributed by atoms with Gasteiger partial charge in [-0.2, -0.15) is 0 Å². The number of aryl methyl sites for hydroxylation is 1. The average Bonchev–Trinajstić information content (AvgIpc) is 3.29. The molecular formula is C20H25FN6O2S2. The number of para-hydroxylation sites is 1. The van der Waals surface area contributed by atoms with Crippen LogP contribution in [-0.2, 0) is 11.3 Å². The normalized spacial score (nSPS) is 13.3. The molecule has 0 spiro atoms. The minimum absolute atomic E-state index is 0.156. The number of ether oxygens (including phenoxy) is 1. The molecule has 2 unspecified atom stereocenters. The maximum atomic E-state index is 14.0. The van der Waals surface area contributed by atoms with E-state index in [9.17, 15) is 9.18 Å². The van der Waals surface area contributed by atoms with E-state index in [0.29, 0.717) is 28.6 Å². The zero-order valence-electron chi connectivity index (χ0n) is 18.0. The number of carbonyl (C=O) groups excluding carboxylic acids is 1. The molecule has 2 heterocycles. The number of rotatable bonds is 9. The van der Waals surface area contributed by atoms with Crippen LogP contribution in [0.2, 0.25) is 0 Å². The van der Waals surface area contributed by atoms with Crippen molar-refractivity contribution in [2.45, 2.75) is 57.7 Å². The Balaban J connectivity index is 1.76. The molecule has 3 aromatic rings. The summed E-state index contributed by atoms with van der Waals surface area (Å²) in [7, 11) is 0. The van der Waals surface area contributed by atoms with Crippen molar-refractivity contribution in [1.29, 1.82) is 0 Å². The maximum Gasteiger partial charge on any atom is 0.239 e. The van der Waals surface area contributed by atoms with Crippen molar-refractivity contribution in [3.63, 3.8) is 0 Å². The Morgan fingerprint density at radius 1 is 1.19 bits per heavy atom. The molecule has 1 amide bonds. The highest BCUT2D eigenvalue weighted by Crippen LogP contribution is 2.29. The van der Waals surface area contributed by atoms with Crippen LogP contribution in [0.1, 0.15) is 44.6 Å². The van der Waals surface area contributed by atoms with Gasteiger partial charge in [0.1, 0.15) is 5.01 Å². The third kappa shape index (κ3) is 6.01. The smallest absolute Gasteiger partial charge is 0.239 e. The molecule has 3 rings (SSSR count). The Morgan fingerprint density at radius 2 is 1.94 bits per heavy atom. The van der Waals surface area contributed by atoms with Crippen LogP contribution < -0.4 is 10.1 Å². The van der Waals surface area contributed by atoms with Gasteiger partial charge >= 0.3 is 0 Å². The summed E-state index contributed by atoms with van der Waals surface area (Å²) in [5.41, 5.74) is 0. The lowest BCUT2D eigenvalue weighted by molar-refractivity contribution is -0.115. The lowest BCUT2D eigenvalue weighted by Gasteiger charge is -2.18. The number of thioether (sulfide) groups is 1. The molecule has 166 valence electrons. The summed E-state index contributed by atoms with van der Waals surface area (Å²) in [6, 6.07) is 6.25. The van der Waals surface area contributed by atoms with Gasteiger partial charge in [0.05, 0.1) is 5.25 Å². The van der Waals surface area contributed by atoms with Gasteiger partial charge in [0, 0.05) is 6.54 Å². The Hall–Kier alpha value is -2.53. The highest BCUT2D eigenvalue weighted by molar-refractivity contribution is 8.00. The largest absolute Gasteiger partial charge is 0.480 e. The van der Waals surface area contributed by atoms with Gasteiger partial charge in [-0.15, -0.1) is 20.4 Å². The monoisotopic (exact) mass is 464 g/mol. The Morgan fingerprint density at radius 3 is 2.58 bits per heavy atom. The van der Waals surface area contributed by atoms with E-state index in [1.807, 2.05) is 11.5 Å². The van der Waals surface area contributed by atoms with Crippen molar-refractivity contribution in [2.75, 3.05) is 5.32 Å². The van der Waals surface area contributed by atoms with Crippen LogP contribution in [0, 0.1) is 18.7 Å². The summed E-state index contributed by atoms with van der Waals surface area (Å²) in [5.74, 6) is 0.409. The standard InChI is InChI=1S/C20H25FN6O2S2/c1-11(2)10-27-17(12(3)29-16-9-7-6-8-15(16)21)24-26-20(27)30-13(4)18(28)22-19-25-23-14(5)31-19/h6-9,11-13H,10H2,1-5H3,(H,22,25,28). The second-order valence-electron chi connectivity index (χ2n) is 7.41. The molecule has 1 aromatic carbocycles. The number of carbonyl (C=O) groups is 1. The van der Waals surface area contributed by atoms with Crippen molar-refractivity contribution >= 4 is 34.1 Å². The number of hydrogen-bond acceptors (Lipinski definition) is 8. The summed E-state index contributed by atoms with van der Waals surface area (Å²) in [5, 5.41) is 20.6. The topological polar surface area (TPSA) is 94.8 Å². The number of hydrogen-bond donors (Lipinski definition) is 1. The van der Waals surface area contributed by atoms with E-state index < -0.39 is 17.2 Å². The Bertz CT molecular complexity index is 1040. The van der Waals surface area contributed by atoms with Crippen LogP contribution in [0.4, 0.5) is 9.52 Å². The molecular weight excluding hydrogens is 439 g/mol. The summed E-state index contributed by atoms with van der Waals surface area (Å²) < 4.78 is 21.7. The van der Waals surface area contributed by atoms with Crippen molar-refractivity contribution in [3.05, 3.63) is 40.9 Å². The van der Waals surface area contributed by atoms with Gasteiger partial charge in [-0.05, 0) is 38.8 Å². The first-order valence-corrected chi connectivity index (χ1v) is 11.6. The van der Waals surface area contributed by atoms with Gasteiger partial charge in [0.2, 0.25) is 11.0 Å². The van der Waals surface area contributed by atoms with Gasteiger partial charge in [0.15, 0.2) is 28.7 Å². The molecule has 0 fully saturated rings. The zero-order chi connectivity index (χ0) is 22.5. The second-order valence-corrected chi connectivity index (χ2v) is 9.90. The molecule has 0 radical (unpaired) electrons. The molecule has 2 aromatic heterocycles. The molecule has 0 saturated heterocycles. The Labute approximate surface area is 188 Å². The Kier molecular flexibility index (Phi) is 7.60. The van der Waals surface area contributed by atoms with Crippen LogP contribution in [0.15, 0.2) is 29.4 Å². The van der Waals surface area contributed by atoms with E-state index in [1.54, 1.807) is 32.0 Å². The molecule has 8 nitrogen and oxygen atoms in total. The molecule has 1 N–H and O–H groups in total. The molecule has 0 saturated carbocycles. The van der Waals surface area contributed by atoms with Gasteiger partial charge < -0.3 is 9.30 Å². The molecule has 0 bridgehead atoms. The predicted octanol–water partition coefficient (Wildman–Crippen LogP) is 4.49. The second kappa shape index (κ2) is 10.2. The first-order valence-electron chi connectivity index (χ1n) is 9.86. The number of aromatic nitrogens is 5. The van der Waals surface area contributed by atoms with Crippen LogP contribution >= 0.6 is 23.1 Å². The minimum atomic E-state index is -0.522. The molecule has 2 atom stereocenters. The zero-order valence-corrected chi connectivity index (χ0v) is 19.6. The van der Waals surface area contributed by atoms with E-state index in [-0.39, 0.29) is 11.7 Å². The lowest BCUT2D eigenvalue weighted by Crippen LogP contribution is -2.23. The maximum absolute atomic E-state index is 14.0. The average molecular weight is 465 g/mol. The first-order chi connectivity index (χ1) is 14.7. The van der Waals surface area contributed by atoms with E-state index in [1.165, 1.54) is 29.2 Å². The molecule has 31 heavy (non-hydrogen) atoms. The van der Waals surface area contributed by atoms with E-state index in [2.05, 4.69) is 39.6 Å². The quantitative estimate of drug-likeness (QED) is 0.466. The molecule has 0 aliphatic heterocycles. The fourth-order valence-corrected chi connectivity index (χ4v) is 4.23. The number of benzene rings is 1. The van der Waals surface area contributed by atoms with Crippen LogP contribution in [0.3, 0.4) is 0 Å². The summed E-state index contributed by atoms with van der Waals surface area (Å²) >= 11 is 2.62. The summed E-state index contributed by atoms with van der Waals surface area (Å²) in [6.45, 7) is 10.2. The van der Waals surface area contributed by atoms with Crippen molar-refractivity contribution in [3.8, 4) is 5.75 Å². The fraction of sp³-hybridized carbons (Fsp3) is 0.450. The highest BCUT2D eigenvalue weighted by atomic mass is 32.2. The van der Waals surface area contributed by atoms with E-state index in [0.717, 1.165) is 5.01 Å². The highest BCUT2D eigenvalue weighted by Gasteiger charge is 2.25. The third-order valence-corrected chi connectivity index (χ3v) is 6.04. The van der Waals surface area contributed by atoms with Gasteiger partial charge in [-0.3, -0.25) is 10.1 Å². The van der Waals surface area contributed by atoms with E-state index in [4.69, 9.17) is 4.74 Å². The first kappa shape index (κ1) is 23.1. The number of nitrogens with zero attached hydrogens (tertiary/aromatic N) is 5. The van der Waals surface area contributed by atoms with Gasteiger partial charge in [0.25, 0.3) is 0 Å².